The molecule has 0 aliphatic carbocycles. The van der Waals surface area contributed by atoms with E-state index in [2.05, 4.69) is 0 Å². The third-order valence-corrected chi connectivity index (χ3v) is 7.44. The number of hydrogen-bond donors (Lipinski definition) is 1. The number of benzene rings is 3. The normalized spacial score (nSPS) is 11.9. The molecule has 3 aromatic carbocycles. The maximum absolute atomic E-state index is 12.4. The van der Waals surface area contributed by atoms with E-state index in [1.165, 1.54) is 56.7 Å². The largest absolute Gasteiger partial charge is 0.496 e. The van der Waals surface area contributed by atoms with Crippen molar-refractivity contribution in [1.82, 2.24) is 0 Å². The van der Waals surface area contributed by atoms with Crippen LogP contribution in [-0.2, 0) is 30.3 Å². The zero-order chi connectivity index (χ0) is 31.5. The molecule has 228 valence electrons. The highest BCUT2D eigenvalue weighted by Gasteiger charge is 2.27. The number of allylic oxidation sites excluding steroid dienone is 1. The summed E-state index contributed by atoms with van der Waals surface area (Å²) in [5.41, 5.74) is 2.04. The van der Waals surface area contributed by atoms with E-state index >= 15 is 0 Å². The molecule has 0 unspecified atom stereocenters. The van der Waals surface area contributed by atoms with Gasteiger partial charge in [-0.05, 0) is 61.4 Å². The lowest BCUT2D eigenvalue weighted by Crippen LogP contribution is -2.12. The predicted molar refractivity (Wildman–Crippen MR) is 158 cm³/mol. The van der Waals surface area contributed by atoms with Gasteiger partial charge in [0.1, 0.15) is 12.4 Å². The van der Waals surface area contributed by atoms with Crippen molar-refractivity contribution in [3.05, 3.63) is 60.2 Å². The Balaban J connectivity index is 2.34. The second kappa shape index (κ2) is 12.6. The smallest absolute Gasteiger partial charge is 0.306 e. The molecule has 0 amide bonds. The molecule has 42 heavy (non-hydrogen) atoms. The molecule has 0 heterocycles. The average molecular weight is 642 g/mol. The van der Waals surface area contributed by atoms with Crippen molar-refractivity contribution >= 4 is 30.3 Å². The van der Waals surface area contributed by atoms with Crippen LogP contribution in [0.15, 0.2) is 65.1 Å². The number of hydrogen-bond acceptors (Lipinski definition) is 11. The first kappa shape index (κ1) is 32.7. The Bertz CT molecular complexity index is 1830. The van der Waals surface area contributed by atoms with E-state index in [4.69, 9.17) is 27.7 Å². The number of nitrogens with two attached hydrogens (primary N) is 1. The lowest BCUT2D eigenvalue weighted by Gasteiger charge is -2.21. The van der Waals surface area contributed by atoms with Gasteiger partial charge in [0.2, 0.25) is 10.0 Å². The SMILES string of the molecule is COc1cc(-c2ccc(S(N)(=O)=O)cc2)c(OC)c(OS(C)(=O)=O)c1-c1ccc(OCC=C(C)C)c(OS(C)(=O)=O)c1. The number of methoxy groups -OCH3 is 2. The third kappa shape index (κ3) is 8.38. The summed E-state index contributed by atoms with van der Waals surface area (Å²) in [5.74, 6) is -0.234. The minimum atomic E-state index is -4.15. The maximum atomic E-state index is 12.4. The minimum absolute atomic E-state index is 0.0333. The summed E-state index contributed by atoms with van der Waals surface area (Å²) in [5, 5.41) is 5.21. The van der Waals surface area contributed by atoms with Crippen molar-refractivity contribution in [2.75, 3.05) is 33.3 Å². The first-order valence-electron chi connectivity index (χ1n) is 12.0. The summed E-state index contributed by atoms with van der Waals surface area (Å²) in [4.78, 5) is -0.133. The Labute approximate surface area is 245 Å². The molecule has 15 heteroatoms. The topological polar surface area (TPSA) is 175 Å². The molecule has 0 saturated carbocycles. The number of rotatable bonds is 12. The molecule has 0 aliphatic heterocycles. The van der Waals surface area contributed by atoms with Crippen molar-refractivity contribution in [2.45, 2.75) is 18.7 Å². The number of primary sulfonamides is 1. The van der Waals surface area contributed by atoms with Gasteiger partial charge in [0.05, 0.1) is 37.2 Å². The standard InChI is InChI=1S/C27H31NO11S3/c1-17(2)13-14-37-22-12-9-19(15-23(22)38-40(5,29)30)25-24(35-3)16-21(26(36-4)27(25)39-41(6,31)32)18-7-10-20(11-8-18)42(28,33)34/h7-13,15-16H,14H2,1-6H3,(H2,28,33,34). The van der Waals surface area contributed by atoms with E-state index in [1.54, 1.807) is 12.1 Å². The Morgan fingerprint density at radius 2 is 1.33 bits per heavy atom. The molecule has 0 radical (unpaired) electrons. The van der Waals surface area contributed by atoms with Crippen molar-refractivity contribution < 1.29 is 47.8 Å². The molecule has 0 saturated heterocycles. The first-order valence-corrected chi connectivity index (χ1v) is 17.2. The van der Waals surface area contributed by atoms with Crippen LogP contribution in [0, 0.1) is 0 Å². The van der Waals surface area contributed by atoms with Crippen LogP contribution in [0.2, 0.25) is 0 Å². The summed E-state index contributed by atoms with van der Waals surface area (Å²) in [6, 6.07) is 11.4. The predicted octanol–water partition coefficient (Wildman–Crippen LogP) is 3.71. The number of ether oxygens (including phenoxy) is 3. The second-order valence-electron chi connectivity index (χ2n) is 9.26. The molecule has 0 atom stereocenters. The lowest BCUT2D eigenvalue weighted by atomic mass is 9.96. The minimum Gasteiger partial charge on any atom is -0.496 e. The van der Waals surface area contributed by atoms with Crippen molar-refractivity contribution in [1.29, 1.82) is 0 Å². The van der Waals surface area contributed by atoms with Crippen LogP contribution in [0.3, 0.4) is 0 Å². The van der Waals surface area contributed by atoms with E-state index in [-0.39, 0.29) is 51.4 Å². The van der Waals surface area contributed by atoms with E-state index in [9.17, 15) is 25.3 Å². The van der Waals surface area contributed by atoms with E-state index in [0.29, 0.717) is 11.1 Å². The molecule has 0 spiro atoms. The van der Waals surface area contributed by atoms with Crippen LogP contribution in [0.5, 0.6) is 28.7 Å². The summed E-state index contributed by atoms with van der Waals surface area (Å²) < 4.78 is 99.9. The van der Waals surface area contributed by atoms with Crippen LogP contribution < -0.4 is 27.7 Å². The van der Waals surface area contributed by atoms with Gasteiger partial charge in [-0.2, -0.15) is 16.8 Å². The number of sulfonamides is 1. The van der Waals surface area contributed by atoms with E-state index < -0.39 is 30.3 Å². The molecular weight excluding hydrogens is 610 g/mol. The molecule has 3 aromatic rings. The van der Waals surface area contributed by atoms with Gasteiger partial charge < -0.3 is 22.6 Å². The van der Waals surface area contributed by atoms with Crippen molar-refractivity contribution in [3.63, 3.8) is 0 Å². The van der Waals surface area contributed by atoms with Gasteiger partial charge in [0.25, 0.3) is 0 Å². The Kier molecular flexibility index (Phi) is 9.82. The average Bonchev–Trinajstić information content (AvgIpc) is 2.86. The zero-order valence-electron chi connectivity index (χ0n) is 23.7. The second-order valence-corrected chi connectivity index (χ2v) is 14.0. The molecule has 0 bridgehead atoms. The molecule has 0 aliphatic rings. The van der Waals surface area contributed by atoms with Gasteiger partial charge in [0, 0.05) is 5.56 Å². The van der Waals surface area contributed by atoms with Gasteiger partial charge in [-0.1, -0.05) is 23.8 Å². The highest BCUT2D eigenvalue weighted by molar-refractivity contribution is 7.89. The molecule has 0 aromatic heterocycles. The fourth-order valence-electron chi connectivity index (χ4n) is 3.83. The van der Waals surface area contributed by atoms with Crippen molar-refractivity contribution in [3.8, 4) is 51.0 Å². The zero-order valence-corrected chi connectivity index (χ0v) is 26.1. The van der Waals surface area contributed by atoms with Gasteiger partial charge in [0.15, 0.2) is 23.0 Å². The molecule has 3 rings (SSSR count). The van der Waals surface area contributed by atoms with Gasteiger partial charge >= 0.3 is 20.2 Å². The summed E-state index contributed by atoms with van der Waals surface area (Å²) in [6.07, 6.45) is 3.50. The Morgan fingerprint density at radius 3 is 1.83 bits per heavy atom. The third-order valence-electron chi connectivity index (χ3n) is 5.56. The Hall–Kier alpha value is -3.79. The van der Waals surface area contributed by atoms with Crippen LogP contribution in [0.4, 0.5) is 0 Å². The van der Waals surface area contributed by atoms with E-state index in [1.807, 2.05) is 13.8 Å². The highest BCUT2D eigenvalue weighted by Crippen LogP contribution is 2.51. The monoisotopic (exact) mass is 641 g/mol. The summed E-state index contributed by atoms with van der Waals surface area (Å²) >= 11 is 0. The lowest BCUT2D eigenvalue weighted by molar-refractivity contribution is 0.347. The fourth-order valence-corrected chi connectivity index (χ4v) is 5.27. The molecule has 0 fully saturated rings. The van der Waals surface area contributed by atoms with Crippen LogP contribution in [-0.4, -0.2) is 58.6 Å². The quantitative estimate of drug-likeness (QED) is 0.225. The van der Waals surface area contributed by atoms with Crippen LogP contribution in [0.1, 0.15) is 13.8 Å². The van der Waals surface area contributed by atoms with Gasteiger partial charge in [-0.15, -0.1) is 0 Å². The fraction of sp³-hybridized carbons (Fsp3) is 0.259. The van der Waals surface area contributed by atoms with Crippen LogP contribution in [0.25, 0.3) is 22.3 Å². The maximum Gasteiger partial charge on any atom is 0.306 e. The van der Waals surface area contributed by atoms with Crippen molar-refractivity contribution in [2.24, 2.45) is 5.14 Å². The van der Waals surface area contributed by atoms with E-state index in [0.717, 1.165) is 18.1 Å². The van der Waals surface area contributed by atoms with Crippen LogP contribution >= 0.6 is 0 Å². The molecule has 2 N–H and O–H groups in total. The molecular formula is C27H31NO11S3. The van der Waals surface area contributed by atoms with Gasteiger partial charge in [-0.3, -0.25) is 0 Å². The summed E-state index contributed by atoms with van der Waals surface area (Å²) in [7, 11) is -9.47. The van der Waals surface area contributed by atoms with Gasteiger partial charge in [-0.25, -0.2) is 13.6 Å². The first-order chi connectivity index (χ1) is 19.4. The summed E-state index contributed by atoms with van der Waals surface area (Å²) in [6.45, 7) is 3.89. The Morgan fingerprint density at radius 1 is 0.738 bits per heavy atom. The molecule has 12 nitrogen and oxygen atoms in total. The highest BCUT2D eigenvalue weighted by atomic mass is 32.2.